The number of aliphatic hydroxyl groups excluding tert-OH is 3. The Morgan fingerprint density at radius 1 is 1.17 bits per heavy atom. The number of ether oxygens (including phenoxy) is 1. The highest BCUT2D eigenvalue weighted by Gasteiger charge is 2.37. The predicted octanol–water partition coefficient (Wildman–Crippen LogP) is -1.41. The van der Waals surface area contributed by atoms with Crippen molar-refractivity contribution in [3.8, 4) is 0 Å². The Hall–Kier alpha value is -2.01. The summed E-state index contributed by atoms with van der Waals surface area (Å²) in [5.41, 5.74) is -0.244. The van der Waals surface area contributed by atoms with Crippen LogP contribution in [0.2, 0.25) is 0 Å². The fourth-order valence-electron chi connectivity index (χ4n) is 3.03. The van der Waals surface area contributed by atoms with Crippen molar-refractivity contribution in [1.82, 2.24) is 16.0 Å². The van der Waals surface area contributed by atoms with Gasteiger partial charge in [0.25, 0.3) is 5.91 Å². The van der Waals surface area contributed by atoms with Crippen molar-refractivity contribution in [3.05, 3.63) is 12.2 Å². The number of hydrogen-bond acceptors (Lipinski definition) is 7. The van der Waals surface area contributed by atoms with Crippen LogP contribution in [0.25, 0.3) is 0 Å². The maximum Gasteiger partial charge on any atom is 0.252 e. The zero-order valence-electron chi connectivity index (χ0n) is 18.2. The SMILES string of the molecule is CO[C@@H](C(=O)N[C@H]1CC[C@H](NC(C)=O)CNC1=O)[C@H](O)[C@@H](O)[C@H](O)C=CC(C)(C)C. The summed E-state index contributed by atoms with van der Waals surface area (Å²) in [5.74, 6) is -1.43. The van der Waals surface area contributed by atoms with E-state index >= 15 is 0 Å². The van der Waals surface area contributed by atoms with Crippen molar-refractivity contribution in [3.63, 3.8) is 0 Å². The van der Waals surface area contributed by atoms with E-state index in [1.54, 1.807) is 6.08 Å². The molecule has 1 fully saturated rings. The lowest BCUT2D eigenvalue weighted by molar-refractivity contribution is -0.150. The van der Waals surface area contributed by atoms with E-state index in [-0.39, 0.29) is 30.3 Å². The fourth-order valence-corrected chi connectivity index (χ4v) is 3.03. The molecule has 1 rings (SSSR count). The standard InChI is InChI=1S/C20H35N3O7/c1-11(24)22-12-6-7-13(18(28)21-10-12)23-19(29)17(30-5)16(27)15(26)14(25)8-9-20(2,3)4/h8-9,12-17,25-27H,6-7,10H2,1-5H3,(H,21,28)(H,22,24)(H,23,29)/t12-,13-,14+,15-,16+,17+/m0/s1. The Morgan fingerprint density at radius 3 is 2.33 bits per heavy atom. The number of hydrogen-bond donors (Lipinski definition) is 6. The van der Waals surface area contributed by atoms with Gasteiger partial charge >= 0.3 is 0 Å². The molecule has 1 aliphatic rings. The lowest BCUT2D eigenvalue weighted by Gasteiger charge is -2.28. The van der Waals surface area contributed by atoms with Crippen LogP contribution >= 0.6 is 0 Å². The minimum Gasteiger partial charge on any atom is -0.387 e. The van der Waals surface area contributed by atoms with Crippen molar-refractivity contribution in [2.24, 2.45) is 5.41 Å². The van der Waals surface area contributed by atoms with Gasteiger partial charge in [0.15, 0.2) is 6.10 Å². The molecule has 1 aliphatic heterocycles. The van der Waals surface area contributed by atoms with Crippen LogP contribution in [0.1, 0.15) is 40.5 Å². The van der Waals surface area contributed by atoms with Gasteiger partial charge in [-0.15, -0.1) is 0 Å². The molecule has 0 aromatic carbocycles. The summed E-state index contributed by atoms with van der Waals surface area (Å²) in [4.78, 5) is 36.0. The molecule has 0 bridgehead atoms. The summed E-state index contributed by atoms with van der Waals surface area (Å²) in [6.07, 6.45) is -2.56. The van der Waals surface area contributed by atoms with E-state index in [1.165, 1.54) is 20.1 Å². The number of carbonyl (C=O) groups excluding carboxylic acids is 3. The summed E-state index contributed by atoms with van der Waals surface area (Å²) >= 11 is 0. The van der Waals surface area contributed by atoms with Gasteiger partial charge in [-0.25, -0.2) is 0 Å². The Morgan fingerprint density at radius 2 is 1.80 bits per heavy atom. The van der Waals surface area contributed by atoms with Crippen LogP contribution in [0, 0.1) is 5.41 Å². The third kappa shape index (κ3) is 8.39. The quantitative estimate of drug-likeness (QED) is 0.259. The molecule has 6 atom stereocenters. The maximum absolute atomic E-state index is 12.6. The number of allylic oxidation sites excluding steroid dienone is 1. The highest BCUT2D eigenvalue weighted by Crippen LogP contribution is 2.17. The molecule has 6 N–H and O–H groups in total. The third-order valence-corrected chi connectivity index (χ3v) is 4.68. The summed E-state index contributed by atoms with van der Waals surface area (Å²) in [7, 11) is 1.18. The van der Waals surface area contributed by atoms with E-state index < -0.39 is 42.3 Å². The Balaban J connectivity index is 2.75. The van der Waals surface area contributed by atoms with Gasteiger partial charge in [-0.3, -0.25) is 14.4 Å². The number of rotatable bonds is 8. The molecule has 10 heteroatoms. The van der Waals surface area contributed by atoms with Gasteiger partial charge in [0.2, 0.25) is 11.8 Å². The molecule has 1 saturated heterocycles. The molecule has 0 spiro atoms. The molecule has 0 saturated carbocycles. The monoisotopic (exact) mass is 429 g/mol. The van der Waals surface area contributed by atoms with Gasteiger partial charge in [-0.1, -0.05) is 32.9 Å². The molecule has 3 amide bonds. The zero-order chi connectivity index (χ0) is 23.1. The van der Waals surface area contributed by atoms with E-state index in [9.17, 15) is 29.7 Å². The highest BCUT2D eigenvalue weighted by molar-refractivity contribution is 5.90. The van der Waals surface area contributed by atoms with Crippen molar-refractivity contribution < 1.29 is 34.4 Å². The average molecular weight is 430 g/mol. The normalized spacial score (nSPS) is 24.3. The smallest absolute Gasteiger partial charge is 0.252 e. The van der Waals surface area contributed by atoms with Crippen LogP contribution in [0.3, 0.4) is 0 Å². The second-order valence-corrected chi connectivity index (χ2v) is 8.63. The molecule has 0 radical (unpaired) electrons. The van der Waals surface area contributed by atoms with Gasteiger partial charge < -0.3 is 36.0 Å². The number of carbonyl (C=O) groups is 3. The van der Waals surface area contributed by atoms with E-state index in [0.717, 1.165) is 0 Å². The maximum atomic E-state index is 12.6. The topological polar surface area (TPSA) is 157 Å². The molecule has 0 unspecified atom stereocenters. The summed E-state index contributed by atoms with van der Waals surface area (Å²) in [6, 6.07) is -1.13. The highest BCUT2D eigenvalue weighted by atomic mass is 16.5. The molecule has 30 heavy (non-hydrogen) atoms. The lowest BCUT2D eigenvalue weighted by atomic mass is 9.94. The largest absolute Gasteiger partial charge is 0.387 e. The van der Waals surface area contributed by atoms with Gasteiger partial charge in [0.1, 0.15) is 24.4 Å². The molecule has 0 aromatic heterocycles. The first-order valence-electron chi connectivity index (χ1n) is 9.97. The van der Waals surface area contributed by atoms with Gasteiger partial charge in [-0.2, -0.15) is 0 Å². The second-order valence-electron chi connectivity index (χ2n) is 8.63. The first-order chi connectivity index (χ1) is 13.9. The third-order valence-electron chi connectivity index (χ3n) is 4.68. The van der Waals surface area contributed by atoms with Crippen LogP contribution in [0.15, 0.2) is 12.2 Å². The molecule has 1 heterocycles. The van der Waals surface area contributed by atoms with E-state index in [1.807, 2.05) is 20.8 Å². The first-order valence-corrected chi connectivity index (χ1v) is 9.97. The molecule has 0 aliphatic carbocycles. The minimum absolute atomic E-state index is 0.215. The number of aliphatic hydroxyl groups is 3. The molecular formula is C20H35N3O7. The second kappa shape index (κ2) is 11.4. The van der Waals surface area contributed by atoms with Crippen LogP contribution < -0.4 is 16.0 Å². The minimum atomic E-state index is -1.73. The van der Waals surface area contributed by atoms with E-state index in [0.29, 0.717) is 6.42 Å². The number of amides is 3. The van der Waals surface area contributed by atoms with Crippen LogP contribution in [-0.4, -0.2) is 83.2 Å². The predicted molar refractivity (Wildman–Crippen MR) is 109 cm³/mol. The van der Waals surface area contributed by atoms with Crippen molar-refractivity contribution >= 4 is 17.7 Å². The van der Waals surface area contributed by atoms with Crippen molar-refractivity contribution in [2.45, 2.75) is 77.0 Å². The van der Waals surface area contributed by atoms with Gasteiger partial charge in [-0.05, 0) is 18.3 Å². The summed E-state index contributed by atoms with van der Waals surface area (Å²) in [6.45, 7) is 7.33. The number of methoxy groups -OCH3 is 1. The molecule has 172 valence electrons. The Kier molecular flexibility index (Phi) is 9.89. The van der Waals surface area contributed by atoms with Gasteiger partial charge in [0, 0.05) is 26.6 Å². The molecular weight excluding hydrogens is 394 g/mol. The van der Waals surface area contributed by atoms with Crippen LogP contribution in [-0.2, 0) is 19.1 Å². The van der Waals surface area contributed by atoms with Gasteiger partial charge in [0.05, 0.1) is 0 Å². The summed E-state index contributed by atoms with van der Waals surface area (Å²) in [5, 5.41) is 38.6. The molecule has 10 nitrogen and oxygen atoms in total. The van der Waals surface area contributed by atoms with E-state index in [2.05, 4.69) is 16.0 Å². The van der Waals surface area contributed by atoms with Crippen molar-refractivity contribution in [1.29, 1.82) is 0 Å². The molecule has 0 aromatic rings. The number of nitrogens with one attached hydrogen (secondary N) is 3. The fraction of sp³-hybridized carbons (Fsp3) is 0.750. The van der Waals surface area contributed by atoms with Crippen LogP contribution in [0.5, 0.6) is 0 Å². The van der Waals surface area contributed by atoms with Crippen molar-refractivity contribution in [2.75, 3.05) is 13.7 Å². The Bertz CT molecular complexity index is 632. The zero-order valence-corrected chi connectivity index (χ0v) is 18.2. The lowest BCUT2D eigenvalue weighted by Crippen LogP contribution is -2.55. The Labute approximate surface area is 177 Å². The summed E-state index contributed by atoms with van der Waals surface area (Å²) < 4.78 is 5.03. The van der Waals surface area contributed by atoms with Crippen LogP contribution in [0.4, 0.5) is 0 Å². The van der Waals surface area contributed by atoms with E-state index in [4.69, 9.17) is 4.74 Å². The first kappa shape index (κ1) is 26.0. The average Bonchev–Trinajstić information content (AvgIpc) is 2.81.